The predicted molar refractivity (Wildman–Crippen MR) is 112 cm³/mol. The molecule has 3 aromatic rings. The van der Waals surface area contributed by atoms with Gasteiger partial charge in [-0.1, -0.05) is 27.5 Å². The van der Waals surface area contributed by atoms with Gasteiger partial charge in [0.05, 0.1) is 29.9 Å². The molecule has 0 bridgehead atoms. The average Bonchev–Trinajstić information content (AvgIpc) is 2.71. The molecule has 8 heteroatoms. The van der Waals surface area contributed by atoms with E-state index in [1.165, 1.54) is 10.7 Å². The molecule has 144 valence electrons. The lowest BCUT2D eigenvalue weighted by Crippen LogP contribution is -2.32. The molecule has 6 nitrogen and oxygen atoms in total. The molecule has 28 heavy (non-hydrogen) atoms. The molecule has 0 aliphatic heterocycles. The van der Waals surface area contributed by atoms with Crippen molar-refractivity contribution < 1.29 is 9.53 Å². The SMILES string of the molecule is COc1ccc(-c2ccc(=O)n(CCNC(=O)c3cc(Br)ccc3Cl)n2)cc1. The van der Waals surface area contributed by atoms with Crippen LogP contribution in [0.5, 0.6) is 5.75 Å². The van der Waals surface area contributed by atoms with Crippen LogP contribution in [-0.2, 0) is 6.54 Å². The monoisotopic (exact) mass is 461 g/mol. The minimum absolute atomic E-state index is 0.236. The van der Waals surface area contributed by atoms with Gasteiger partial charge in [-0.15, -0.1) is 0 Å². The summed E-state index contributed by atoms with van der Waals surface area (Å²) in [5, 5.41) is 7.49. The van der Waals surface area contributed by atoms with E-state index < -0.39 is 0 Å². The van der Waals surface area contributed by atoms with Gasteiger partial charge in [0.1, 0.15) is 5.75 Å². The summed E-state index contributed by atoms with van der Waals surface area (Å²) in [5.41, 5.74) is 1.64. The van der Waals surface area contributed by atoms with Crippen LogP contribution in [0.3, 0.4) is 0 Å². The van der Waals surface area contributed by atoms with E-state index in [1.807, 2.05) is 24.3 Å². The van der Waals surface area contributed by atoms with Crippen molar-refractivity contribution in [2.75, 3.05) is 13.7 Å². The van der Waals surface area contributed by atoms with Crippen molar-refractivity contribution in [2.45, 2.75) is 6.54 Å². The molecule has 2 aromatic carbocycles. The minimum atomic E-state index is -0.314. The second kappa shape index (κ2) is 9.03. The standard InChI is InChI=1S/C20H17BrClN3O3/c1-28-15-5-2-13(3-6-15)18-8-9-19(26)25(24-18)11-10-23-20(27)16-12-14(21)4-7-17(16)22/h2-9,12H,10-11H2,1H3,(H,23,27). The molecule has 1 heterocycles. The summed E-state index contributed by atoms with van der Waals surface area (Å²) in [4.78, 5) is 24.4. The maximum atomic E-state index is 12.3. The molecule has 0 unspecified atom stereocenters. The van der Waals surface area contributed by atoms with E-state index in [4.69, 9.17) is 16.3 Å². The van der Waals surface area contributed by atoms with E-state index in [0.29, 0.717) is 16.3 Å². The van der Waals surface area contributed by atoms with Gasteiger partial charge in [-0.2, -0.15) is 5.10 Å². The molecule has 0 fully saturated rings. The van der Waals surface area contributed by atoms with Gasteiger partial charge in [-0.25, -0.2) is 4.68 Å². The summed E-state index contributed by atoms with van der Waals surface area (Å²) in [6, 6.07) is 15.6. The first kappa shape index (κ1) is 20.1. The van der Waals surface area contributed by atoms with Crippen molar-refractivity contribution in [3.8, 4) is 17.0 Å². The molecule has 1 amide bonds. The van der Waals surface area contributed by atoms with Crippen LogP contribution in [-0.4, -0.2) is 29.3 Å². The Kier molecular flexibility index (Phi) is 6.49. The number of rotatable bonds is 6. The summed E-state index contributed by atoms with van der Waals surface area (Å²) in [5.74, 6) is 0.427. The lowest BCUT2D eigenvalue weighted by molar-refractivity contribution is 0.0952. The Balaban J connectivity index is 1.69. The fourth-order valence-electron chi connectivity index (χ4n) is 2.57. The lowest BCUT2D eigenvalue weighted by Gasteiger charge is -2.10. The Morgan fingerprint density at radius 2 is 1.93 bits per heavy atom. The van der Waals surface area contributed by atoms with Crippen LogP contribution in [0.2, 0.25) is 5.02 Å². The second-order valence-corrected chi connectivity index (χ2v) is 7.21. The third kappa shape index (κ3) is 4.79. The number of aromatic nitrogens is 2. The zero-order chi connectivity index (χ0) is 20.1. The van der Waals surface area contributed by atoms with Crippen LogP contribution in [0, 0.1) is 0 Å². The molecule has 3 rings (SSSR count). The number of carbonyl (C=O) groups is 1. The van der Waals surface area contributed by atoms with E-state index in [-0.39, 0.29) is 24.6 Å². The van der Waals surface area contributed by atoms with Crippen LogP contribution < -0.4 is 15.6 Å². The predicted octanol–water partition coefficient (Wildman–Crippen LogP) is 3.76. The van der Waals surface area contributed by atoms with Crippen molar-refractivity contribution in [2.24, 2.45) is 0 Å². The van der Waals surface area contributed by atoms with Gasteiger partial charge in [0.15, 0.2) is 0 Å². The van der Waals surface area contributed by atoms with Crippen molar-refractivity contribution in [3.05, 3.63) is 80.0 Å². The van der Waals surface area contributed by atoms with Gasteiger partial charge < -0.3 is 10.1 Å². The van der Waals surface area contributed by atoms with Crippen molar-refractivity contribution in [3.63, 3.8) is 0 Å². The van der Waals surface area contributed by atoms with Crippen LogP contribution in [0.4, 0.5) is 0 Å². The van der Waals surface area contributed by atoms with Gasteiger partial charge >= 0.3 is 0 Å². The Morgan fingerprint density at radius 3 is 2.64 bits per heavy atom. The number of nitrogens with zero attached hydrogens (tertiary/aromatic N) is 2. The Labute approximate surface area is 175 Å². The van der Waals surface area contributed by atoms with Crippen LogP contribution in [0.15, 0.2) is 63.9 Å². The quantitative estimate of drug-likeness (QED) is 0.605. The topological polar surface area (TPSA) is 73.2 Å². The highest BCUT2D eigenvalue weighted by molar-refractivity contribution is 9.10. The minimum Gasteiger partial charge on any atom is -0.497 e. The molecule has 1 N–H and O–H groups in total. The molecular weight excluding hydrogens is 446 g/mol. The zero-order valence-electron chi connectivity index (χ0n) is 15.0. The molecule has 0 saturated carbocycles. The Morgan fingerprint density at radius 1 is 1.18 bits per heavy atom. The number of amides is 1. The van der Waals surface area contributed by atoms with E-state index >= 15 is 0 Å². The number of carbonyl (C=O) groups excluding carboxylic acids is 1. The summed E-state index contributed by atoms with van der Waals surface area (Å²) in [6.07, 6.45) is 0. The number of ether oxygens (including phenoxy) is 1. The fourth-order valence-corrected chi connectivity index (χ4v) is 3.13. The summed E-state index contributed by atoms with van der Waals surface area (Å²) in [7, 11) is 1.60. The molecule has 0 radical (unpaired) electrons. The molecule has 0 spiro atoms. The second-order valence-electron chi connectivity index (χ2n) is 5.89. The zero-order valence-corrected chi connectivity index (χ0v) is 17.3. The average molecular weight is 463 g/mol. The number of nitrogens with one attached hydrogen (secondary N) is 1. The third-order valence-corrected chi connectivity index (χ3v) is 4.86. The normalized spacial score (nSPS) is 10.5. The van der Waals surface area contributed by atoms with Gasteiger partial charge in [0.25, 0.3) is 11.5 Å². The van der Waals surface area contributed by atoms with E-state index in [0.717, 1.165) is 15.8 Å². The maximum Gasteiger partial charge on any atom is 0.266 e. The first-order chi connectivity index (χ1) is 13.5. The van der Waals surface area contributed by atoms with Gasteiger partial charge in [-0.3, -0.25) is 9.59 Å². The van der Waals surface area contributed by atoms with Crippen molar-refractivity contribution >= 4 is 33.4 Å². The fraction of sp³-hybridized carbons (Fsp3) is 0.150. The van der Waals surface area contributed by atoms with E-state index in [2.05, 4.69) is 26.3 Å². The smallest absolute Gasteiger partial charge is 0.266 e. The number of benzene rings is 2. The lowest BCUT2D eigenvalue weighted by atomic mass is 10.1. The van der Waals surface area contributed by atoms with Crippen LogP contribution in [0.1, 0.15) is 10.4 Å². The first-order valence-electron chi connectivity index (χ1n) is 8.44. The molecule has 0 atom stereocenters. The molecule has 0 saturated heterocycles. The summed E-state index contributed by atoms with van der Waals surface area (Å²) in [6.45, 7) is 0.473. The molecule has 1 aromatic heterocycles. The Hall–Kier alpha value is -2.64. The highest BCUT2D eigenvalue weighted by atomic mass is 79.9. The Bertz CT molecular complexity index is 1050. The van der Waals surface area contributed by atoms with Crippen molar-refractivity contribution in [1.29, 1.82) is 0 Å². The van der Waals surface area contributed by atoms with E-state index in [1.54, 1.807) is 31.4 Å². The third-order valence-electron chi connectivity index (χ3n) is 4.03. The summed E-state index contributed by atoms with van der Waals surface area (Å²) < 4.78 is 7.23. The summed E-state index contributed by atoms with van der Waals surface area (Å²) >= 11 is 9.38. The number of methoxy groups -OCH3 is 1. The molecule has 0 aliphatic carbocycles. The largest absolute Gasteiger partial charge is 0.497 e. The van der Waals surface area contributed by atoms with Gasteiger partial charge in [-0.05, 0) is 48.5 Å². The van der Waals surface area contributed by atoms with Crippen LogP contribution >= 0.6 is 27.5 Å². The van der Waals surface area contributed by atoms with Crippen LogP contribution in [0.25, 0.3) is 11.3 Å². The molecular formula is C20H17BrClN3O3. The number of hydrogen-bond acceptors (Lipinski definition) is 4. The first-order valence-corrected chi connectivity index (χ1v) is 9.61. The van der Waals surface area contributed by atoms with Gasteiger partial charge in [0.2, 0.25) is 0 Å². The van der Waals surface area contributed by atoms with Crippen molar-refractivity contribution in [1.82, 2.24) is 15.1 Å². The highest BCUT2D eigenvalue weighted by Crippen LogP contribution is 2.21. The van der Waals surface area contributed by atoms with E-state index in [9.17, 15) is 9.59 Å². The van der Waals surface area contributed by atoms with Gasteiger partial charge in [0, 0.05) is 22.6 Å². The highest BCUT2D eigenvalue weighted by Gasteiger charge is 2.11. The maximum absolute atomic E-state index is 12.3. The number of hydrogen-bond donors (Lipinski definition) is 1. The molecule has 0 aliphatic rings. The number of halogens is 2.